The Morgan fingerprint density at radius 3 is 2.46 bits per heavy atom. The number of para-hydroxylation sites is 1. The van der Waals surface area contributed by atoms with Crippen molar-refractivity contribution in [3.05, 3.63) is 57.0 Å². The Kier molecular flexibility index (Phi) is 8.46. The molecule has 0 aliphatic rings. The molecule has 0 radical (unpaired) electrons. The van der Waals surface area contributed by atoms with E-state index in [0.29, 0.717) is 35.2 Å². The highest BCUT2D eigenvalue weighted by molar-refractivity contribution is 8.00. The highest BCUT2D eigenvalue weighted by Crippen LogP contribution is 2.30. The first kappa shape index (κ1) is 26.2. The molecule has 3 aromatic rings. The zero-order chi connectivity index (χ0) is 25.7. The van der Waals surface area contributed by atoms with Crippen LogP contribution < -0.4 is 16.1 Å². The lowest BCUT2D eigenvalue weighted by molar-refractivity contribution is -0.117. The molecule has 0 unspecified atom stereocenters. The molecule has 0 spiro atoms. The number of aryl methyl sites for hydroxylation is 1. The molecule has 9 nitrogen and oxygen atoms in total. The molecule has 35 heavy (non-hydrogen) atoms. The highest BCUT2D eigenvalue weighted by Gasteiger charge is 2.26. The minimum absolute atomic E-state index is 0.0459. The molecule has 0 saturated carbocycles. The summed E-state index contributed by atoms with van der Waals surface area (Å²) < 4.78 is 2.57. The lowest BCUT2D eigenvalue weighted by Gasteiger charge is -2.25. The van der Waals surface area contributed by atoms with Crippen LogP contribution >= 0.6 is 11.8 Å². The van der Waals surface area contributed by atoms with Crippen LogP contribution in [-0.2, 0) is 18.4 Å². The van der Waals surface area contributed by atoms with E-state index in [1.807, 2.05) is 51.1 Å². The van der Waals surface area contributed by atoms with E-state index in [-0.39, 0.29) is 30.2 Å². The lowest BCUT2D eigenvalue weighted by Crippen LogP contribution is -2.39. The van der Waals surface area contributed by atoms with Gasteiger partial charge in [0.25, 0.3) is 5.56 Å². The first-order valence-corrected chi connectivity index (χ1v) is 12.5. The van der Waals surface area contributed by atoms with Gasteiger partial charge in [0.2, 0.25) is 5.91 Å². The van der Waals surface area contributed by atoms with Crippen molar-refractivity contribution in [2.45, 2.75) is 63.3 Å². The predicted octanol–water partition coefficient (Wildman–Crippen LogP) is 3.45. The molecule has 0 saturated heterocycles. The number of amides is 1. The molecule has 0 N–H and O–H groups in total. The number of nitriles is 1. The Hall–Kier alpha value is -3.45. The van der Waals surface area contributed by atoms with Gasteiger partial charge in [-0.15, -0.1) is 0 Å². The number of carbonyl (C=O) groups excluding carboxylic acids is 1. The number of hydrogen-bond donors (Lipinski definition) is 0. The van der Waals surface area contributed by atoms with Crippen LogP contribution in [0.1, 0.15) is 52.3 Å². The van der Waals surface area contributed by atoms with Gasteiger partial charge >= 0.3 is 5.69 Å². The number of nitrogens with zero attached hydrogens (tertiary/aromatic N) is 6. The Balaban J connectivity index is 2.13. The maximum Gasteiger partial charge on any atom is 0.332 e. The highest BCUT2D eigenvalue weighted by atomic mass is 32.2. The minimum atomic E-state index is -0.608. The summed E-state index contributed by atoms with van der Waals surface area (Å²) in [6.07, 6.45) is 0.881. The second-order valence-electron chi connectivity index (χ2n) is 8.53. The first-order chi connectivity index (χ1) is 16.7. The Bertz CT molecular complexity index is 1370. The van der Waals surface area contributed by atoms with Crippen molar-refractivity contribution in [1.29, 1.82) is 5.26 Å². The molecule has 1 atom stereocenters. The molecule has 10 heteroatoms. The van der Waals surface area contributed by atoms with Gasteiger partial charge < -0.3 is 4.90 Å². The normalized spacial score (nSPS) is 12.0. The van der Waals surface area contributed by atoms with Gasteiger partial charge in [-0.3, -0.25) is 18.7 Å². The number of fused-ring (bicyclic) bond motifs is 1. The van der Waals surface area contributed by atoms with Gasteiger partial charge in [-0.2, -0.15) is 5.26 Å². The summed E-state index contributed by atoms with van der Waals surface area (Å²) in [4.78, 5) is 50.3. The first-order valence-electron chi connectivity index (χ1n) is 11.6. The molecule has 0 fully saturated rings. The van der Waals surface area contributed by atoms with Crippen molar-refractivity contribution in [2.75, 3.05) is 11.4 Å². The molecular weight excluding hydrogens is 464 g/mol. The molecule has 0 bridgehead atoms. The van der Waals surface area contributed by atoms with E-state index in [0.717, 1.165) is 4.57 Å². The van der Waals surface area contributed by atoms with Crippen LogP contribution in [0.25, 0.3) is 11.0 Å². The SMILES string of the molecule is CCCn1c(=O)n(C)c(=O)c2c(S[C@@H](C)C(=O)N(CCC#N)c3ccccc3)nc(C(C)C)nc21. The van der Waals surface area contributed by atoms with Crippen LogP contribution in [0, 0.1) is 11.3 Å². The van der Waals surface area contributed by atoms with Crippen molar-refractivity contribution in [2.24, 2.45) is 7.05 Å². The van der Waals surface area contributed by atoms with Crippen molar-refractivity contribution in [3.8, 4) is 6.07 Å². The van der Waals surface area contributed by atoms with E-state index in [1.165, 1.54) is 23.4 Å². The van der Waals surface area contributed by atoms with E-state index >= 15 is 0 Å². The second-order valence-corrected chi connectivity index (χ2v) is 9.86. The van der Waals surface area contributed by atoms with Crippen LogP contribution in [0.15, 0.2) is 44.9 Å². The molecule has 0 aliphatic heterocycles. The minimum Gasteiger partial charge on any atom is -0.310 e. The fourth-order valence-electron chi connectivity index (χ4n) is 3.70. The van der Waals surface area contributed by atoms with Crippen LogP contribution in [-0.4, -0.2) is 36.8 Å². The summed E-state index contributed by atoms with van der Waals surface area (Å²) >= 11 is 1.17. The molecule has 2 heterocycles. The van der Waals surface area contributed by atoms with Crippen molar-refractivity contribution < 1.29 is 4.79 Å². The Morgan fingerprint density at radius 2 is 1.86 bits per heavy atom. The number of rotatable bonds is 9. The third kappa shape index (κ3) is 5.46. The van der Waals surface area contributed by atoms with Crippen molar-refractivity contribution in [3.63, 3.8) is 0 Å². The van der Waals surface area contributed by atoms with E-state index < -0.39 is 16.5 Å². The van der Waals surface area contributed by atoms with Gasteiger partial charge in [-0.25, -0.2) is 14.8 Å². The van der Waals surface area contributed by atoms with Gasteiger partial charge in [0.15, 0.2) is 5.65 Å². The zero-order valence-corrected chi connectivity index (χ0v) is 21.5. The average Bonchev–Trinajstić information content (AvgIpc) is 2.85. The second kappa shape index (κ2) is 11.3. The van der Waals surface area contributed by atoms with Gasteiger partial charge in [-0.05, 0) is 25.5 Å². The number of thioether (sulfide) groups is 1. The monoisotopic (exact) mass is 494 g/mol. The third-order valence-corrected chi connectivity index (χ3v) is 6.62. The average molecular weight is 495 g/mol. The fraction of sp³-hybridized carbons (Fsp3) is 0.440. The predicted molar refractivity (Wildman–Crippen MR) is 138 cm³/mol. The van der Waals surface area contributed by atoms with Crippen LogP contribution in [0.3, 0.4) is 0 Å². The Labute approximate surface area is 208 Å². The molecule has 2 aromatic heterocycles. The van der Waals surface area contributed by atoms with Crippen molar-refractivity contribution in [1.82, 2.24) is 19.1 Å². The molecular formula is C25H30N6O3S. The summed E-state index contributed by atoms with van der Waals surface area (Å²) in [6, 6.07) is 11.3. The number of hydrogen-bond acceptors (Lipinski definition) is 7. The topological polar surface area (TPSA) is 114 Å². The number of carbonyl (C=O) groups is 1. The summed E-state index contributed by atoms with van der Waals surface area (Å²) in [6.45, 7) is 8.24. The number of benzene rings is 1. The van der Waals surface area contributed by atoms with Gasteiger partial charge in [0, 0.05) is 31.7 Å². The fourth-order valence-corrected chi connectivity index (χ4v) is 4.70. The summed E-state index contributed by atoms with van der Waals surface area (Å²) in [5.74, 6) is 0.255. The number of aromatic nitrogens is 4. The smallest absolute Gasteiger partial charge is 0.310 e. The van der Waals surface area contributed by atoms with Crippen molar-refractivity contribution >= 4 is 34.4 Å². The third-order valence-electron chi connectivity index (χ3n) is 5.55. The van der Waals surface area contributed by atoms with Gasteiger partial charge in [-0.1, -0.05) is 50.7 Å². The maximum atomic E-state index is 13.5. The molecule has 1 amide bonds. The maximum absolute atomic E-state index is 13.5. The summed E-state index contributed by atoms with van der Waals surface area (Å²) in [5, 5.41) is 9.09. The number of anilines is 1. The molecule has 0 aliphatic carbocycles. The molecule has 3 rings (SSSR count). The zero-order valence-electron chi connectivity index (χ0n) is 20.7. The van der Waals surface area contributed by atoms with E-state index in [4.69, 9.17) is 5.26 Å². The summed E-state index contributed by atoms with van der Waals surface area (Å²) in [7, 11) is 1.44. The van der Waals surface area contributed by atoms with Crippen LogP contribution in [0.4, 0.5) is 5.69 Å². The van der Waals surface area contributed by atoms with Crippen LogP contribution in [0.5, 0.6) is 0 Å². The molecule has 1 aromatic carbocycles. The standard InChI is InChI=1S/C25H30N6O3S/c1-6-14-31-21-19(24(33)29(5)25(31)34)22(28-20(27-21)16(2)3)35-17(4)23(32)30(15-10-13-26)18-11-8-7-9-12-18/h7-9,11-12,16-17H,6,10,14-15H2,1-5H3/t17-/m0/s1. The Morgan fingerprint density at radius 1 is 1.17 bits per heavy atom. The van der Waals surface area contributed by atoms with Crippen LogP contribution in [0.2, 0.25) is 0 Å². The quantitative estimate of drug-likeness (QED) is 0.331. The molecule has 184 valence electrons. The van der Waals surface area contributed by atoms with E-state index in [2.05, 4.69) is 16.0 Å². The van der Waals surface area contributed by atoms with Gasteiger partial charge in [0.1, 0.15) is 16.2 Å². The largest absolute Gasteiger partial charge is 0.332 e. The summed E-state index contributed by atoms with van der Waals surface area (Å²) in [5.41, 5.74) is 0.0808. The van der Waals surface area contributed by atoms with E-state index in [9.17, 15) is 14.4 Å². The van der Waals surface area contributed by atoms with E-state index in [1.54, 1.807) is 11.8 Å². The van der Waals surface area contributed by atoms with Gasteiger partial charge in [0.05, 0.1) is 17.7 Å². The lowest BCUT2D eigenvalue weighted by atomic mass is 10.2.